The minimum absolute atomic E-state index is 0.175. The van der Waals surface area contributed by atoms with Gasteiger partial charge in [0.25, 0.3) is 11.1 Å². The molecule has 0 bridgehead atoms. The summed E-state index contributed by atoms with van der Waals surface area (Å²) in [5, 5.41) is 12.6. The van der Waals surface area contributed by atoms with Gasteiger partial charge >= 0.3 is 5.97 Å². The van der Waals surface area contributed by atoms with Crippen LogP contribution < -0.4 is 5.32 Å². The average molecular weight is 554 g/mol. The second-order valence-corrected chi connectivity index (χ2v) is 11.3. The van der Waals surface area contributed by atoms with Crippen molar-refractivity contribution >= 4 is 57.9 Å². The van der Waals surface area contributed by atoms with E-state index in [0.717, 1.165) is 64.2 Å². The van der Waals surface area contributed by atoms with Crippen LogP contribution in [0.15, 0.2) is 35.2 Å². The Morgan fingerprint density at radius 2 is 1.84 bits per heavy atom. The Kier molecular flexibility index (Phi) is 6.97. The molecule has 38 heavy (non-hydrogen) atoms. The van der Waals surface area contributed by atoms with Gasteiger partial charge in [-0.05, 0) is 98.8 Å². The van der Waals surface area contributed by atoms with Crippen LogP contribution in [0.3, 0.4) is 0 Å². The van der Waals surface area contributed by atoms with Gasteiger partial charge in [0.1, 0.15) is 17.4 Å². The number of benzene rings is 1. The molecule has 2 aromatic heterocycles. The Bertz CT molecular complexity index is 1520. The second-order valence-electron chi connectivity index (χ2n) is 9.18. The van der Waals surface area contributed by atoms with Crippen LogP contribution in [0.25, 0.3) is 11.1 Å². The zero-order valence-corrected chi connectivity index (χ0v) is 22.3. The monoisotopic (exact) mass is 553 g/mol. The fourth-order valence-corrected chi connectivity index (χ4v) is 7.15. The largest absolute Gasteiger partial charge is 0.478 e. The first-order valence-electron chi connectivity index (χ1n) is 12.0. The fourth-order valence-electron chi connectivity index (χ4n) is 4.83. The van der Waals surface area contributed by atoms with E-state index in [-0.39, 0.29) is 4.91 Å². The summed E-state index contributed by atoms with van der Waals surface area (Å²) in [6, 6.07) is 7.02. The van der Waals surface area contributed by atoms with E-state index in [4.69, 9.17) is 0 Å². The van der Waals surface area contributed by atoms with Crippen molar-refractivity contribution in [3.63, 3.8) is 0 Å². The number of aromatic carboxylic acids is 1. The first-order valence-corrected chi connectivity index (χ1v) is 13.6. The summed E-state index contributed by atoms with van der Waals surface area (Å²) in [6.07, 6.45) is 5.24. The van der Waals surface area contributed by atoms with E-state index in [1.54, 1.807) is 6.08 Å². The van der Waals surface area contributed by atoms with Crippen LogP contribution in [0.5, 0.6) is 0 Å². The second kappa shape index (κ2) is 10.2. The van der Waals surface area contributed by atoms with Crippen molar-refractivity contribution < 1.29 is 28.7 Å². The third-order valence-corrected chi connectivity index (χ3v) is 8.81. The molecule has 3 amide bonds. The van der Waals surface area contributed by atoms with Crippen molar-refractivity contribution in [2.45, 2.75) is 39.5 Å². The summed E-state index contributed by atoms with van der Waals surface area (Å²) in [7, 11) is 0. The number of aryl methyl sites for hydroxylation is 2. The van der Waals surface area contributed by atoms with E-state index in [9.17, 15) is 28.7 Å². The summed E-state index contributed by atoms with van der Waals surface area (Å²) >= 11 is 2.24. The molecule has 1 saturated heterocycles. The molecule has 2 aliphatic rings. The number of rotatable bonds is 6. The molecular weight excluding hydrogens is 529 g/mol. The molecule has 0 radical (unpaired) electrons. The summed E-state index contributed by atoms with van der Waals surface area (Å²) in [5.41, 5.74) is 3.86. The van der Waals surface area contributed by atoms with E-state index in [0.29, 0.717) is 21.8 Å². The van der Waals surface area contributed by atoms with E-state index in [2.05, 4.69) is 5.32 Å². The molecular formula is C27H24FN3O5S2. The minimum Gasteiger partial charge on any atom is -0.478 e. The molecule has 3 aromatic rings. The number of hydrogen-bond acceptors (Lipinski definition) is 6. The number of anilines is 1. The van der Waals surface area contributed by atoms with Crippen molar-refractivity contribution in [1.29, 1.82) is 0 Å². The number of nitrogens with one attached hydrogen (secondary N) is 1. The molecule has 1 fully saturated rings. The smallest absolute Gasteiger partial charge is 0.339 e. The molecule has 1 aliphatic carbocycles. The molecule has 0 spiro atoms. The lowest BCUT2D eigenvalue weighted by Crippen LogP contribution is -2.36. The predicted molar refractivity (Wildman–Crippen MR) is 144 cm³/mol. The molecule has 196 valence electrons. The van der Waals surface area contributed by atoms with Gasteiger partial charge in [0, 0.05) is 22.0 Å². The van der Waals surface area contributed by atoms with Crippen LogP contribution in [0.2, 0.25) is 0 Å². The van der Waals surface area contributed by atoms with Crippen LogP contribution >= 0.6 is 23.1 Å². The third-order valence-electron chi connectivity index (χ3n) is 6.63. The average Bonchev–Trinajstić information content (AvgIpc) is 3.47. The van der Waals surface area contributed by atoms with Crippen LogP contribution in [-0.4, -0.2) is 44.1 Å². The Morgan fingerprint density at radius 3 is 2.55 bits per heavy atom. The molecule has 1 aromatic carbocycles. The zero-order chi connectivity index (χ0) is 27.1. The van der Waals surface area contributed by atoms with Crippen LogP contribution in [0.4, 0.5) is 14.9 Å². The Morgan fingerprint density at radius 1 is 1.13 bits per heavy atom. The molecule has 8 nitrogen and oxygen atoms in total. The highest BCUT2D eigenvalue weighted by Gasteiger charge is 2.37. The number of thiophene rings is 1. The number of hydrogen-bond donors (Lipinski definition) is 2. The van der Waals surface area contributed by atoms with Gasteiger partial charge in [0.05, 0.1) is 10.5 Å². The molecule has 11 heteroatoms. The number of halogens is 1. The van der Waals surface area contributed by atoms with Crippen LogP contribution in [0, 0.1) is 19.7 Å². The van der Waals surface area contributed by atoms with Crippen LogP contribution in [-0.2, 0) is 22.4 Å². The SMILES string of the molecule is Cc1cc(/C=C2\SC(=O)N(CC(=O)Nc3ccc(F)cc3)C2=O)c(C)n1-c1sc2c(c1C(=O)O)CCCC2. The van der Waals surface area contributed by atoms with Gasteiger partial charge in [-0.25, -0.2) is 9.18 Å². The molecule has 0 atom stereocenters. The maximum Gasteiger partial charge on any atom is 0.339 e. The van der Waals surface area contributed by atoms with Crippen molar-refractivity contribution in [2.75, 3.05) is 11.9 Å². The van der Waals surface area contributed by atoms with Gasteiger partial charge in [-0.2, -0.15) is 0 Å². The fraction of sp³-hybridized carbons (Fsp3) is 0.259. The van der Waals surface area contributed by atoms with Gasteiger partial charge in [-0.3, -0.25) is 19.3 Å². The highest BCUT2D eigenvalue weighted by Crippen LogP contribution is 2.40. The van der Waals surface area contributed by atoms with E-state index < -0.39 is 35.4 Å². The normalized spacial score (nSPS) is 16.3. The minimum atomic E-state index is -0.950. The number of thioether (sulfide) groups is 1. The molecule has 2 N–H and O–H groups in total. The number of fused-ring (bicyclic) bond motifs is 1. The highest BCUT2D eigenvalue weighted by atomic mass is 32.2. The quantitative estimate of drug-likeness (QED) is 0.388. The van der Waals surface area contributed by atoms with E-state index in [1.165, 1.54) is 35.6 Å². The van der Waals surface area contributed by atoms with Crippen molar-refractivity contribution in [3.05, 3.63) is 74.0 Å². The van der Waals surface area contributed by atoms with E-state index >= 15 is 0 Å². The number of carboxylic acids is 1. The number of aromatic nitrogens is 1. The van der Waals surface area contributed by atoms with Gasteiger partial charge in [0.2, 0.25) is 5.91 Å². The van der Waals surface area contributed by atoms with Crippen molar-refractivity contribution in [3.8, 4) is 5.00 Å². The summed E-state index contributed by atoms with van der Waals surface area (Å²) in [6.45, 7) is 3.25. The summed E-state index contributed by atoms with van der Waals surface area (Å²) in [5.74, 6) is -2.57. The number of imide groups is 1. The standard InChI is InChI=1S/C27H24FN3O5S2/c1-14-11-16(15(2)31(14)25-23(26(34)35)19-5-3-4-6-20(19)37-25)12-21-24(33)30(27(36)38-21)13-22(32)29-18-9-7-17(28)8-10-18/h7-12H,3-6,13H2,1-2H3,(H,29,32)(H,34,35)/b21-12-. The molecule has 5 rings (SSSR count). The number of carbonyl (C=O) groups is 4. The molecule has 0 unspecified atom stereocenters. The van der Waals surface area contributed by atoms with Gasteiger partial charge in [0.15, 0.2) is 0 Å². The third kappa shape index (κ3) is 4.79. The van der Waals surface area contributed by atoms with Crippen molar-refractivity contribution in [2.24, 2.45) is 0 Å². The lowest BCUT2D eigenvalue weighted by molar-refractivity contribution is -0.127. The van der Waals surface area contributed by atoms with Gasteiger partial charge in [-0.15, -0.1) is 11.3 Å². The number of nitrogens with zero attached hydrogens (tertiary/aromatic N) is 2. The lowest BCUT2D eigenvalue weighted by Gasteiger charge is -2.12. The van der Waals surface area contributed by atoms with Crippen molar-refractivity contribution in [1.82, 2.24) is 9.47 Å². The zero-order valence-electron chi connectivity index (χ0n) is 20.7. The maximum absolute atomic E-state index is 13.1. The van der Waals surface area contributed by atoms with Gasteiger partial charge < -0.3 is 15.0 Å². The first-order chi connectivity index (χ1) is 18.1. The lowest BCUT2D eigenvalue weighted by atomic mass is 9.95. The number of carboxylic acid groups (broad SMARTS) is 1. The molecule has 0 saturated carbocycles. The Balaban J connectivity index is 1.40. The van der Waals surface area contributed by atoms with Gasteiger partial charge in [-0.1, -0.05) is 0 Å². The highest BCUT2D eigenvalue weighted by molar-refractivity contribution is 8.18. The molecule has 1 aliphatic heterocycles. The number of carbonyl (C=O) groups excluding carboxylic acids is 3. The maximum atomic E-state index is 13.1. The summed E-state index contributed by atoms with van der Waals surface area (Å²) < 4.78 is 15.0. The number of amides is 3. The summed E-state index contributed by atoms with van der Waals surface area (Å²) in [4.78, 5) is 52.3. The topological polar surface area (TPSA) is 109 Å². The predicted octanol–water partition coefficient (Wildman–Crippen LogP) is 5.55. The first kappa shape index (κ1) is 25.9. The Hall–Kier alpha value is -3.70. The molecule has 3 heterocycles. The Labute approximate surface area is 226 Å². The van der Waals surface area contributed by atoms with E-state index in [1.807, 2.05) is 24.5 Å². The van der Waals surface area contributed by atoms with Crippen LogP contribution in [0.1, 0.15) is 50.6 Å².